The number of urea groups is 1. The van der Waals surface area contributed by atoms with Crippen molar-refractivity contribution < 1.29 is 32.2 Å². The van der Waals surface area contributed by atoms with Crippen molar-refractivity contribution in [2.45, 2.75) is 6.54 Å². The third kappa shape index (κ3) is 4.68. The Morgan fingerprint density at radius 3 is 2.41 bits per heavy atom. The second-order valence-corrected chi connectivity index (χ2v) is 6.36. The van der Waals surface area contributed by atoms with E-state index in [0.717, 1.165) is 23.1 Å². The molecule has 0 saturated carbocycles. The molecule has 29 heavy (non-hydrogen) atoms. The Morgan fingerprint density at radius 2 is 1.79 bits per heavy atom. The van der Waals surface area contributed by atoms with Gasteiger partial charge in [-0.2, -0.15) is 0 Å². The van der Waals surface area contributed by atoms with E-state index in [1.54, 1.807) is 0 Å². The normalized spacial score (nSPS) is 13.9. The molecule has 1 saturated heterocycles. The zero-order valence-corrected chi connectivity index (χ0v) is 15.7. The van der Waals surface area contributed by atoms with Crippen LogP contribution in [0.3, 0.4) is 0 Å². The van der Waals surface area contributed by atoms with Gasteiger partial charge in [-0.05, 0) is 24.3 Å². The summed E-state index contributed by atoms with van der Waals surface area (Å²) in [5, 5.41) is 0. The van der Waals surface area contributed by atoms with E-state index in [2.05, 4.69) is 4.74 Å². The molecule has 0 N–H and O–H groups in total. The summed E-state index contributed by atoms with van der Waals surface area (Å²) in [4.78, 5) is 27.1. The molecule has 0 bridgehead atoms. The predicted molar refractivity (Wildman–Crippen MR) is 98.1 cm³/mol. The minimum absolute atomic E-state index is 0.00719. The zero-order valence-electron chi connectivity index (χ0n) is 15.7. The molecule has 2 amide bonds. The molecule has 1 aliphatic rings. The van der Waals surface area contributed by atoms with Gasteiger partial charge in [0.2, 0.25) is 0 Å². The summed E-state index contributed by atoms with van der Waals surface area (Å²) in [6.45, 7) is 0.928. The van der Waals surface area contributed by atoms with Crippen LogP contribution in [-0.2, 0) is 16.0 Å². The van der Waals surface area contributed by atoms with Crippen molar-refractivity contribution >= 4 is 17.7 Å². The molecular formula is C20H19F3N2O4. The van der Waals surface area contributed by atoms with E-state index in [0.29, 0.717) is 32.4 Å². The van der Waals surface area contributed by atoms with E-state index in [-0.39, 0.29) is 23.4 Å². The Labute approximate surface area is 165 Å². The molecule has 0 aliphatic carbocycles. The van der Waals surface area contributed by atoms with E-state index in [1.165, 1.54) is 24.1 Å². The molecule has 0 aromatic heterocycles. The minimum atomic E-state index is -0.946. The number of amides is 2. The Bertz CT molecular complexity index is 917. The van der Waals surface area contributed by atoms with Crippen LogP contribution in [0.25, 0.3) is 0 Å². The van der Waals surface area contributed by atoms with Crippen LogP contribution in [0.1, 0.15) is 15.9 Å². The van der Waals surface area contributed by atoms with Gasteiger partial charge in [0.15, 0.2) is 0 Å². The maximum Gasteiger partial charge on any atom is 0.337 e. The Hall–Kier alpha value is -3.07. The summed E-state index contributed by atoms with van der Waals surface area (Å²) >= 11 is 0. The summed E-state index contributed by atoms with van der Waals surface area (Å²) in [6.07, 6.45) is 0. The number of hydrogen-bond donors (Lipinski definition) is 0. The molecule has 3 rings (SSSR count). The van der Waals surface area contributed by atoms with Crippen LogP contribution in [0.2, 0.25) is 0 Å². The number of hydrogen-bond acceptors (Lipinski definition) is 4. The van der Waals surface area contributed by atoms with Crippen molar-refractivity contribution in [2.24, 2.45) is 0 Å². The minimum Gasteiger partial charge on any atom is -0.465 e. The molecule has 154 valence electrons. The van der Waals surface area contributed by atoms with Gasteiger partial charge in [-0.15, -0.1) is 0 Å². The number of nitrogens with zero attached hydrogens (tertiary/aromatic N) is 2. The lowest BCUT2D eigenvalue weighted by Crippen LogP contribution is -2.48. The predicted octanol–water partition coefficient (Wildman–Crippen LogP) is 3.35. The van der Waals surface area contributed by atoms with Crippen molar-refractivity contribution in [1.29, 1.82) is 0 Å². The first-order chi connectivity index (χ1) is 13.9. The van der Waals surface area contributed by atoms with E-state index in [1.807, 2.05) is 0 Å². The summed E-state index contributed by atoms with van der Waals surface area (Å²) in [7, 11) is 1.17. The number of morpholine rings is 1. The Balaban J connectivity index is 1.94. The largest absolute Gasteiger partial charge is 0.465 e. The third-order valence-corrected chi connectivity index (χ3v) is 4.52. The SMILES string of the molecule is COC(=O)c1ccc(CN(C(=O)N2CCOCC2)c2ccc(F)cc2F)c(F)c1. The molecule has 1 fully saturated rings. The molecule has 0 unspecified atom stereocenters. The van der Waals surface area contributed by atoms with Crippen molar-refractivity contribution in [2.75, 3.05) is 38.3 Å². The van der Waals surface area contributed by atoms with Crippen LogP contribution in [0.15, 0.2) is 36.4 Å². The maximum atomic E-state index is 14.6. The monoisotopic (exact) mass is 408 g/mol. The number of rotatable bonds is 4. The van der Waals surface area contributed by atoms with Gasteiger partial charge in [0.25, 0.3) is 0 Å². The second kappa shape index (κ2) is 8.95. The smallest absolute Gasteiger partial charge is 0.337 e. The number of anilines is 1. The number of benzene rings is 2. The van der Waals surface area contributed by atoms with Gasteiger partial charge >= 0.3 is 12.0 Å². The first-order valence-electron chi connectivity index (χ1n) is 8.86. The molecule has 0 radical (unpaired) electrons. The van der Waals surface area contributed by atoms with Crippen LogP contribution in [0.4, 0.5) is 23.7 Å². The lowest BCUT2D eigenvalue weighted by atomic mass is 10.1. The second-order valence-electron chi connectivity index (χ2n) is 6.36. The molecule has 2 aromatic rings. The highest BCUT2D eigenvalue weighted by atomic mass is 19.1. The topological polar surface area (TPSA) is 59.1 Å². The molecule has 1 aliphatic heterocycles. The van der Waals surface area contributed by atoms with E-state index in [4.69, 9.17) is 4.74 Å². The summed E-state index contributed by atoms with van der Waals surface area (Å²) < 4.78 is 52.1. The molecular weight excluding hydrogens is 389 g/mol. The van der Waals surface area contributed by atoms with Gasteiger partial charge < -0.3 is 14.4 Å². The van der Waals surface area contributed by atoms with Gasteiger partial charge in [-0.1, -0.05) is 6.07 Å². The quantitative estimate of drug-likeness (QED) is 0.728. The van der Waals surface area contributed by atoms with Gasteiger partial charge in [0, 0.05) is 24.7 Å². The van der Waals surface area contributed by atoms with E-state index < -0.39 is 29.5 Å². The summed E-state index contributed by atoms with van der Waals surface area (Å²) in [5.41, 5.74) is -0.116. The van der Waals surface area contributed by atoms with Crippen molar-refractivity contribution in [3.05, 3.63) is 65.0 Å². The van der Waals surface area contributed by atoms with Crippen LogP contribution >= 0.6 is 0 Å². The Kier molecular flexibility index (Phi) is 6.38. The van der Waals surface area contributed by atoms with E-state index in [9.17, 15) is 22.8 Å². The molecule has 1 heterocycles. The third-order valence-electron chi connectivity index (χ3n) is 4.52. The highest BCUT2D eigenvalue weighted by Crippen LogP contribution is 2.25. The Morgan fingerprint density at radius 1 is 1.07 bits per heavy atom. The average Bonchev–Trinajstić information content (AvgIpc) is 2.73. The maximum absolute atomic E-state index is 14.6. The van der Waals surface area contributed by atoms with Gasteiger partial charge in [0.1, 0.15) is 17.5 Å². The van der Waals surface area contributed by atoms with Crippen LogP contribution < -0.4 is 4.90 Å². The van der Waals surface area contributed by atoms with Crippen molar-refractivity contribution in [3.8, 4) is 0 Å². The van der Waals surface area contributed by atoms with Gasteiger partial charge in [0.05, 0.1) is 38.1 Å². The van der Waals surface area contributed by atoms with Gasteiger partial charge in [-0.25, -0.2) is 22.8 Å². The number of halogens is 3. The summed E-state index contributed by atoms with van der Waals surface area (Å²) in [5.74, 6) is -3.20. The average molecular weight is 408 g/mol. The molecule has 6 nitrogen and oxygen atoms in total. The van der Waals surface area contributed by atoms with Crippen molar-refractivity contribution in [1.82, 2.24) is 4.90 Å². The first-order valence-corrected chi connectivity index (χ1v) is 8.86. The lowest BCUT2D eigenvalue weighted by Gasteiger charge is -2.33. The number of methoxy groups -OCH3 is 1. The lowest BCUT2D eigenvalue weighted by molar-refractivity contribution is 0.0547. The number of carbonyl (C=O) groups is 2. The molecule has 9 heteroatoms. The number of carbonyl (C=O) groups excluding carboxylic acids is 2. The standard InChI is InChI=1S/C20H19F3N2O4/c1-28-19(26)13-2-3-14(16(22)10-13)12-25(18-5-4-15(21)11-17(18)23)20(27)24-6-8-29-9-7-24/h2-5,10-11H,6-9,12H2,1H3. The fourth-order valence-corrected chi connectivity index (χ4v) is 2.97. The molecule has 0 spiro atoms. The van der Waals surface area contributed by atoms with Crippen LogP contribution in [0, 0.1) is 17.5 Å². The van der Waals surface area contributed by atoms with Crippen LogP contribution in [0.5, 0.6) is 0 Å². The van der Waals surface area contributed by atoms with Gasteiger partial charge in [-0.3, -0.25) is 4.90 Å². The molecule has 2 aromatic carbocycles. The first kappa shape index (κ1) is 20.7. The fourth-order valence-electron chi connectivity index (χ4n) is 2.97. The van der Waals surface area contributed by atoms with E-state index >= 15 is 0 Å². The summed E-state index contributed by atoms with van der Waals surface area (Å²) in [6, 6.07) is 5.91. The van der Waals surface area contributed by atoms with Crippen LogP contribution in [-0.4, -0.2) is 50.3 Å². The highest BCUT2D eigenvalue weighted by molar-refractivity contribution is 5.92. The number of esters is 1. The highest BCUT2D eigenvalue weighted by Gasteiger charge is 2.27. The number of ether oxygens (including phenoxy) is 2. The zero-order chi connectivity index (χ0) is 21.0. The van der Waals surface area contributed by atoms with Crippen molar-refractivity contribution in [3.63, 3.8) is 0 Å². The fraction of sp³-hybridized carbons (Fsp3) is 0.300. The molecule has 0 atom stereocenters.